The number of hydrogen-bond acceptors (Lipinski definition) is 4. The highest BCUT2D eigenvalue weighted by Gasteiger charge is 2.32. The smallest absolute Gasteiger partial charge is 0.261 e. The summed E-state index contributed by atoms with van der Waals surface area (Å²) in [5.74, 6) is 0.158. The molecule has 0 spiro atoms. The van der Waals surface area contributed by atoms with Crippen LogP contribution in [0.3, 0.4) is 0 Å². The van der Waals surface area contributed by atoms with Crippen LogP contribution in [0.15, 0.2) is 35.1 Å². The Morgan fingerprint density at radius 3 is 2.93 bits per heavy atom. The minimum Gasteiger partial charge on any atom is -0.497 e. The van der Waals surface area contributed by atoms with E-state index < -0.39 is 5.91 Å². The molecule has 1 aliphatic heterocycles. The molecule has 7 nitrogen and oxygen atoms in total. The molecule has 0 radical (unpaired) electrons. The fourth-order valence-electron chi connectivity index (χ4n) is 3.78. The number of nitrogens with zero attached hydrogens (tertiary/aromatic N) is 1. The minimum atomic E-state index is -0.434. The number of amides is 2. The zero-order valence-electron chi connectivity index (χ0n) is 15.1. The lowest BCUT2D eigenvalue weighted by Gasteiger charge is -2.18. The van der Waals surface area contributed by atoms with E-state index in [1.54, 1.807) is 24.1 Å². The molecule has 2 amide bonds. The van der Waals surface area contributed by atoms with Crippen LogP contribution in [0.5, 0.6) is 5.75 Å². The number of methoxy groups -OCH3 is 1. The Morgan fingerprint density at radius 2 is 2.11 bits per heavy atom. The van der Waals surface area contributed by atoms with E-state index in [9.17, 15) is 14.4 Å². The summed E-state index contributed by atoms with van der Waals surface area (Å²) in [6.07, 6.45) is 2.91. The second-order valence-corrected chi connectivity index (χ2v) is 6.95. The van der Waals surface area contributed by atoms with Gasteiger partial charge in [-0.15, -0.1) is 0 Å². The number of aromatic amines is 1. The molecule has 2 aromatic rings. The van der Waals surface area contributed by atoms with Crippen LogP contribution in [0.2, 0.25) is 0 Å². The number of hydrogen-bond donors (Lipinski definition) is 2. The summed E-state index contributed by atoms with van der Waals surface area (Å²) in [4.78, 5) is 41.6. The van der Waals surface area contributed by atoms with Crippen molar-refractivity contribution in [3.8, 4) is 5.75 Å². The zero-order chi connectivity index (χ0) is 19.0. The Morgan fingerprint density at radius 1 is 1.26 bits per heavy atom. The van der Waals surface area contributed by atoms with Gasteiger partial charge in [0.15, 0.2) is 0 Å². The van der Waals surface area contributed by atoms with E-state index in [4.69, 9.17) is 4.74 Å². The monoisotopic (exact) mass is 367 g/mol. The fourth-order valence-corrected chi connectivity index (χ4v) is 3.78. The summed E-state index contributed by atoms with van der Waals surface area (Å²) in [5.41, 5.74) is 2.42. The molecule has 1 fully saturated rings. The van der Waals surface area contributed by atoms with Crippen molar-refractivity contribution in [1.29, 1.82) is 0 Å². The van der Waals surface area contributed by atoms with E-state index in [2.05, 4.69) is 10.3 Å². The standard InChI is InChI=1S/C20H21N3O4/c1-27-15-6-3-5-14(10-15)23-11-13(9-18(23)24)21-19(25)16-8-12-4-2-7-17(12)22-20(16)26/h3,5-6,8,10,13H,2,4,7,9,11H2,1H3,(H,21,25)(H,22,26). The summed E-state index contributed by atoms with van der Waals surface area (Å²) in [5, 5.41) is 2.83. The van der Waals surface area contributed by atoms with Crippen molar-refractivity contribution < 1.29 is 14.3 Å². The van der Waals surface area contributed by atoms with E-state index in [1.165, 1.54) is 0 Å². The van der Waals surface area contributed by atoms with Gasteiger partial charge in [0.05, 0.1) is 13.2 Å². The van der Waals surface area contributed by atoms with Crippen molar-refractivity contribution in [2.24, 2.45) is 0 Å². The Labute approximate surface area is 156 Å². The van der Waals surface area contributed by atoms with E-state index in [0.29, 0.717) is 12.3 Å². The minimum absolute atomic E-state index is 0.0728. The molecule has 1 aromatic carbocycles. The average molecular weight is 367 g/mol. The predicted octanol–water partition coefficient (Wildman–Crippen LogP) is 1.41. The first-order valence-corrected chi connectivity index (χ1v) is 9.05. The average Bonchev–Trinajstić information content (AvgIpc) is 3.26. The molecular formula is C20H21N3O4. The molecule has 2 heterocycles. The summed E-state index contributed by atoms with van der Waals surface area (Å²) in [7, 11) is 1.57. The van der Waals surface area contributed by atoms with E-state index in [-0.39, 0.29) is 29.5 Å². The van der Waals surface area contributed by atoms with Gasteiger partial charge in [0.1, 0.15) is 11.3 Å². The number of H-pyrrole nitrogens is 1. The van der Waals surface area contributed by atoms with Crippen LogP contribution in [0.4, 0.5) is 5.69 Å². The molecule has 7 heteroatoms. The van der Waals surface area contributed by atoms with Gasteiger partial charge in [0, 0.05) is 30.4 Å². The molecule has 0 bridgehead atoms. The zero-order valence-corrected chi connectivity index (χ0v) is 15.1. The SMILES string of the molecule is COc1cccc(N2CC(NC(=O)c3cc4c([nH]c3=O)CCC4)CC2=O)c1. The number of rotatable bonds is 4. The number of nitrogens with one attached hydrogen (secondary N) is 2. The van der Waals surface area contributed by atoms with Gasteiger partial charge in [-0.05, 0) is 43.0 Å². The molecule has 1 saturated heterocycles. The van der Waals surface area contributed by atoms with Gasteiger partial charge >= 0.3 is 0 Å². The van der Waals surface area contributed by atoms with Gasteiger partial charge in [-0.1, -0.05) is 6.07 Å². The van der Waals surface area contributed by atoms with E-state index in [0.717, 1.165) is 36.2 Å². The van der Waals surface area contributed by atoms with Gasteiger partial charge in [0.2, 0.25) is 5.91 Å². The third-order valence-electron chi connectivity index (χ3n) is 5.16. The summed E-state index contributed by atoms with van der Waals surface area (Å²) < 4.78 is 5.20. The lowest BCUT2D eigenvalue weighted by atomic mass is 10.1. The lowest BCUT2D eigenvalue weighted by Crippen LogP contribution is -2.39. The summed E-state index contributed by atoms with van der Waals surface area (Å²) in [6, 6.07) is 8.58. The maximum absolute atomic E-state index is 12.6. The molecule has 0 saturated carbocycles. The molecule has 2 N–H and O–H groups in total. The van der Waals surface area contributed by atoms with Crippen molar-refractivity contribution in [2.45, 2.75) is 31.7 Å². The van der Waals surface area contributed by atoms with Crippen molar-refractivity contribution in [1.82, 2.24) is 10.3 Å². The number of ether oxygens (including phenoxy) is 1. The van der Waals surface area contributed by atoms with Crippen LogP contribution in [0.1, 0.15) is 34.5 Å². The number of fused-ring (bicyclic) bond motifs is 1. The first kappa shape index (κ1) is 17.3. The number of benzene rings is 1. The molecule has 1 aromatic heterocycles. The molecular weight excluding hydrogens is 346 g/mol. The van der Waals surface area contributed by atoms with Gasteiger partial charge < -0.3 is 19.9 Å². The normalized spacial score (nSPS) is 18.5. The van der Waals surface area contributed by atoms with E-state index in [1.807, 2.05) is 18.2 Å². The fraction of sp³-hybridized carbons (Fsp3) is 0.350. The van der Waals surface area contributed by atoms with Crippen molar-refractivity contribution in [2.75, 3.05) is 18.6 Å². The number of carbonyl (C=O) groups is 2. The Hall–Kier alpha value is -3.09. The van der Waals surface area contributed by atoms with Gasteiger partial charge in [-0.3, -0.25) is 14.4 Å². The quantitative estimate of drug-likeness (QED) is 0.855. The Bertz CT molecular complexity index is 966. The topological polar surface area (TPSA) is 91.5 Å². The molecule has 27 heavy (non-hydrogen) atoms. The molecule has 140 valence electrons. The van der Waals surface area contributed by atoms with Crippen molar-refractivity contribution >= 4 is 17.5 Å². The van der Waals surface area contributed by atoms with Crippen molar-refractivity contribution in [3.05, 3.63) is 57.5 Å². The molecule has 4 rings (SSSR count). The number of pyridine rings is 1. The Kier molecular flexibility index (Phi) is 4.43. The van der Waals surface area contributed by atoms with Crippen LogP contribution >= 0.6 is 0 Å². The van der Waals surface area contributed by atoms with Gasteiger partial charge in [-0.25, -0.2) is 0 Å². The number of carbonyl (C=O) groups excluding carboxylic acids is 2. The van der Waals surface area contributed by atoms with Crippen LogP contribution in [-0.4, -0.2) is 36.5 Å². The summed E-state index contributed by atoms with van der Waals surface area (Å²) >= 11 is 0. The first-order valence-electron chi connectivity index (χ1n) is 9.05. The summed E-state index contributed by atoms with van der Waals surface area (Å²) in [6.45, 7) is 0.362. The van der Waals surface area contributed by atoms with Crippen LogP contribution < -0.4 is 20.5 Å². The maximum atomic E-state index is 12.6. The third kappa shape index (κ3) is 3.32. The molecule has 1 atom stereocenters. The number of anilines is 1. The number of aromatic nitrogens is 1. The van der Waals surface area contributed by atoms with Crippen LogP contribution in [0.25, 0.3) is 0 Å². The van der Waals surface area contributed by atoms with Crippen molar-refractivity contribution in [3.63, 3.8) is 0 Å². The maximum Gasteiger partial charge on any atom is 0.261 e. The highest BCUT2D eigenvalue weighted by Crippen LogP contribution is 2.25. The molecule has 2 aliphatic rings. The molecule has 1 unspecified atom stereocenters. The van der Waals surface area contributed by atoms with E-state index >= 15 is 0 Å². The lowest BCUT2D eigenvalue weighted by molar-refractivity contribution is -0.117. The largest absolute Gasteiger partial charge is 0.497 e. The van der Waals surface area contributed by atoms with Crippen LogP contribution in [-0.2, 0) is 17.6 Å². The molecule has 1 aliphatic carbocycles. The highest BCUT2D eigenvalue weighted by molar-refractivity contribution is 5.99. The first-order chi connectivity index (χ1) is 13.0. The van der Waals surface area contributed by atoms with Gasteiger partial charge in [-0.2, -0.15) is 0 Å². The Balaban J connectivity index is 1.48. The van der Waals surface area contributed by atoms with Gasteiger partial charge in [0.25, 0.3) is 11.5 Å². The highest BCUT2D eigenvalue weighted by atomic mass is 16.5. The second kappa shape index (κ2) is 6.90. The predicted molar refractivity (Wildman–Crippen MR) is 100 cm³/mol. The van der Waals surface area contributed by atoms with Crippen LogP contribution in [0, 0.1) is 0 Å². The third-order valence-corrected chi connectivity index (χ3v) is 5.16. The number of aryl methyl sites for hydroxylation is 2. The second-order valence-electron chi connectivity index (χ2n) is 6.95.